The Morgan fingerprint density at radius 3 is 1.02 bits per heavy atom. The summed E-state index contributed by atoms with van der Waals surface area (Å²) in [6, 6.07) is 0. The van der Waals surface area contributed by atoms with Gasteiger partial charge in [-0.1, -0.05) is 148 Å². The van der Waals surface area contributed by atoms with Crippen LogP contribution in [0.4, 0.5) is 9.15 Å². The van der Waals surface area contributed by atoms with E-state index in [9.17, 15) is 35.4 Å². The number of fused-ring (bicyclic) bond motifs is 2. The maximum absolute atomic E-state index is 10.9. The molecule has 0 aromatic heterocycles. The van der Waals surface area contributed by atoms with Crippen molar-refractivity contribution in [2.24, 2.45) is 71.0 Å². The van der Waals surface area contributed by atoms with E-state index in [2.05, 4.69) is 139 Å². The molecule has 27 nitrogen and oxygen atoms in total. The van der Waals surface area contributed by atoms with Crippen LogP contribution in [0, 0.1) is 71.0 Å². The molecule has 35 atom stereocenters. The van der Waals surface area contributed by atoms with Crippen LogP contribution in [0.25, 0.3) is 0 Å². The van der Waals surface area contributed by atoms with Gasteiger partial charge < -0.3 is 126 Å². The molecule has 9 aliphatic heterocycles. The minimum atomic E-state index is -1.08. The molecule has 0 aromatic carbocycles. The SMILES string of the molecule is C.C.C.C=CCO[C@H]1OC(C)[C@@H]2OC(C)(C)O[C@@H]2C1C.C=CCO[C@H]1OC(C)[C@H](C)[C@H](C)C1C.C=CCO[C@H]1OC(C)[C@H](C)[C@H](O)C1C.C=CCO[C@H]1OC(C)[C@H](O)[C@H](O)C1C.C=CCO[C@H]1OC(CO)[C@@H]2OC(C)(C)O[C@@H]2C1C.C=CCO[C@H]1OC(CO)[C@H](O)[C@H](O)C1C.C=CCO[C@H]1OC(COC(C)=O)[C@H](C)[C@H](C)C1C.FF.II.[2H][2H].[HH]. The lowest BCUT2D eigenvalue weighted by molar-refractivity contribution is -0.279. The van der Waals surface area contributed by atoms with Crippen LogP contribution in [-0.2, 0) is 94.8 Å². The van der Waals surface area contributed by atoms with E-state index in [4.69, 9.17) is 107 Å². The fourth-order valence-electron chi connectivity index (χ4n) is 14.1. The lowest BCUT2D eigenvalue weighted by atomic mass is 9.79. The van der Waals surface area contributed by atoms with E-state index in [-0.39, 0.29) is 158 Å². The summed E-state index contributed by atoms with van der Waals surface area (Å²) in [7, 11) is 0. The Labute approximate surface area is 729 Å². The second kappa shape index (κ2) is 61.4. The van der Waals surface area contributed by atoms with Gasteiger partial charge in [0.1, 0.15) is 43.2 Å². The first kappa shape index (κ1) is 117. The van der Waals surface area contributed by atoms with E-state index in [0.29, 0.717) is 88.4 Å². The van der Waals surface area contributed by atoms with Gasteiger partial charge in [-0.3, -0.25) is 4.79 Å². The first-order valence-electron chi connectivity index (χ1n) is 40.6. The average molecular weight is 1920 g/mol. The quantitative estimate of drug-likeness (QED) is 0.0254. The maximum Gasteiger partial charge on any atom is 0.302 e. The molecule has 14 unspecified atom stereocenters. The van der Waals surface area contributed by atoms with Gasteiger partial charge in [-0.2, -0.15) is 0 Å². The van der Waals surface area contributed by atoms with E-state index in [0.717, 1.165) is 0 Å². The molecule has 31 heteroatoms. The van der Waals surface area contributed by atoms with Gasteiger partial charge in [-0.15, -0.1) is 46.1 Å². The third-order valence-corrected chi connectivity index (χ3v) is 22.1. The fraction of sp³-hybridized carbons (Fsp3) is 0.826. The predicted molar refractivity (Wildman–Crippen MR) is 469 cm³/mol. The van der Waals surface area contributed by atoms with Crippen LogP contribution >= 0.6 is 37.2 Å². The summed E-state index contributed by atoms with van der Waals surface area (Å²) >= 11 is 4.24. The van der Waals surface area contributed by atoms with Crippen molar-refractivity contribution in [3.05, 3.63) is 88.6 Å². The normalized spacial score (nSPS) is 39.7. The molecule has 696 valence electrons. The zero-order chi connectivity index (χ0) is 89.2. The third kappa shape index (κ3) is 37.6. The first-order chi connectivity index (χ1) is 54.7. The van der Waals surface area contributed by atoms with Crippen LogP contribution < -0.4 is 0 Å². The van der Waals surface area contributed by atoms with Crippen molar-refractivity contribution < 1.29 is 144 Å². The van der Waals surface area contributed by atoms with Crippen molar-refractivity contribution >= 4 is 43.2 Å². The summed E-state index contributed by atoms with van der Waals surface area (Å²) in [6.45, 7) is 69.5. The highest BCUT2D eigenvalue weighted by Gasteiger charge is 2.55. The number of aliphatic hydroxyl groups is 7. The summed E-state index contributed by atoms with van der Waals surface area (Å²) in [5, 5.41) is 66.6. The van der Waals surface area contributed by atoms with Gasteiger partial charge in [0.25, 0.3) is 0 Å². The third-order valence-electron chi connectivity index (χ3n) is 22.1. The Balaban J connectivity index is -0.000000422. The molecular weight excluding hydrogens is 1760 g/mol. The van der Waals surface area contributed by atoms with E-state index in [1.165, 1.54) is 6.92 Å². The van der Waals surface area contributed by atoms with Crippen LogP contribution in [0.3, 0.4) is 0 Å². The van der Waals surface area contributed by atoms with Crippen molar-refractivity contribution in [1.82, 2.24) is 0 Å². The summed E-state index contributed by atoms with van der Waals surface area (Å²) in [5.74, 6) is 1.15. The molecule has 0 bridgehead atoms. The zero-order valence-electron chi connectivity index (χ0n) is 73.6. The zero-order valence-corrected chi connectivity index (χ0v) is 75.9. The van der Waals surface area contributed by atoms with Crippen molar-refractivity contribution in [2.45, 2.75) is 321 Å². The van der Waals surface area contributed by atoms with Crippen LogP contribution in [0.15, 0.2) is 88.6 Å². The van der Waals surface area contributed by atoms with Gasteiger partial charge in [0, 0.05) is 105 Å². The minimum Gasteiger partial charge on any atom is -0.463 e. The largest absolute Gasteiger partial charge is 0.463 e. The van der Waals surface area contributed by atoms with Gasteiger partial charge in [0.2, 0.25) is 0 Å². The monoisotopic (exact) mass is 1920 g/mol. The van der Waals surface area contributed by atoms with Crippen molar-refractivity contribution in [3.8, 4) is 0 Å². The second-order valence-corrected chi connectivity index (χ2v) is 31.4. The number of rotatable bonds is 25. The predicted octanol–water partition coefficient (Wildman–Crippen LogP) is 14.5. The highest BCUT2D eigenvalue weighted by Crippen LogP contribution is 2.43. The number of hydrogen-bond donors (Lipinski definition) is 7. The number of hydrogen-bond acceptors (Lipinski definition) is 27. The average Bonchev–Trinajstić information content (AvgIpc) is 1.62. The highest BCUT2D eigenvalue weighted by molar-refractivity contribution is 15.0. The van der Waals surface area contributed by atoms with Gasteiger partial charge in [0.05, 0.1) is 121 Å². The van der Waals surface area contributed by atoms with Gasteiger partial charge in [0.15, 0.2) is 55.6 Å². The molecule has 0 aromatic rings. The summed E-state index contributed by atoms with van der Waals surface area (Å²) in [5.41, 5.74) is 0. The topological polar surface area (TPSA) is 334 Å². The molecule has 9 aliphatic rings. The Morgan fingerprint density at radius 2 is 0.632 bits per heavy atom. The molecule has 7 N–H and O–H groups in total. The molecule has 9 saturated heterocycles. The molecule has 0 saturated carbocycles. The number of aliphatic hydroxyl groups excluding tert-OH is 7. The Kier molecular flexibility index (Phi) is 61.4. The fourth-order valence-corrected chi connectivity index (χ4v) is 14.1. The van der Waals surface area contributed by atoms with Crippen LogP contribution in [0.5, 0.6) is 0 Å². The van der Waals surface area contributed by atoms with Crippen LogP contribution in [0.2, 0.25) is 0 Å². The Hall–Kier alpha value is -2.03. The first-order valence-corrected chi connectivity index (χ1v) is 45.9. The van der Waals surface area contributed by atoms with E-state index in [1.54, 1.807) is 63.3 Å². The molecule has 117 heavy (non-hydrogen) atoms. The molecule has 0 amide bonds. The van der Waals surface area contributed by atoms with E-state index < -0.39 is 73.2 Å². The van der Waals surface area contributed by atoms with Crippen molar-refractivity contribution in [2.75, 3.05) is 66.1 Å². The lowest BCUT2D eigenvalue weighted by Gasteiger charge is -2.42. The lowest BCUT2D eigenvalue weighted by Crippen LogP contribution is -2.55. The highest BCUT2D eigenvalue weighted by atomic mass is 128. The number of ether oxygens (including phenoxy) is 19. The molecule has 0 aliphatic carbocycles. The van der Waals surface area contributed by atoms with Crippen molar-refractivity contribution in [1.29, 1.82) is 0 Å². The number of esters is 1. The van der Waals surface area contributed by atoms with Crippen LogP contribution in [-0.4, -0.2) is 261 Å². The smallest absolute Gasteiger partial charge is 0.302 e. The summed E-state index contributed by atoms with van der Waals surface area (Å²) in [6.07, 6.45) is 3.59. The minimum absolute atomic E-state index is 0. The van der Waals surface area contributed by atoms with Crippen molar-refractivity contribution in [3.63, 3.8) is 0 Å². The molecule has 9 heterocycles. The number of halogens is 4. The van der Waals surface area contributed by atoms with E-state index in [1.807, 2.05) is 62.3 Å². The summed E-state index contributed by atoms with van der Waals surface area (Å²) in [4.78, 5) is 10.9. The van der Waals surface area contributed by atoms with Gasteiger partial charge >= 0.3 is 5.97 Å². The van der Waals surface area contributed by atoms with E-state index >= 15 is 0 Å². The molecule has 0 radical (unpaired) electrons. The maximum atomic E-state index is 10.9. The molecular formula is C86H162F2I2O27. The summed E-state index contributed by atoms with van der Waals surface area (Å²) < 4.78 is 133. The van der Waals surface area contributed by atoms with Gasteiger partial charge in [-0.25, -0.2) is 0 Å². The standard InChI is InChI=1S/C14H24O4.C13H22O5.C13H22O4.C12H22O2.C11H20O3.C10H18O5.C10H18O4.3CH4.F2.I2.2H2/c1-6-7-16-14-11(4)9(2)10(3)13(18-14)8-17-12(5)15;1-5-6-15-12-8(2)10-11(9(7-14)16-12)18-13(3,4)17-10;1-6-7-14-12-8(2)10-11(9(3)15-12)17-13(4,5)16-10;1-6-7-13-12-10(4)8(2)9(3)11(5)14-12;1-5-6-13-11-8(3)10(12)7(2)9(4)14-11;1-3-4-14-10-6(2)8(12)9(13)7(5-11)15-10;1-4-5-13-10-6(2)8(11)9(12)7(3)14-10;;;;2*1-2;;/h6,9-11,13-14H,1,7-8H2,2-5H3;5,8-12,14H,1,6-7H2,2-4H3;6,8-12H,1,7H2,2-5H3;6,8-12H,1,7H2,2-5H3;5,7-12H,1,6H2,2-4H3;3,6-13H,1,4-5H2,2H3;4,6-12H,1,5H2,2-3H3;3*1H4;;;2*1H/t9-,10+,11?,13?,14-;2*8?,9?,10-,11+,12+;8-,9+,10?,11?,12-;7-,8?,9?,10-,11-;2*6?,7?,8-,9+,10+;;;;;;;/m0110011......./s1/i;;;;;;;;;;;;1+1D;. The number of carbonyl (C=O) groups is 1. The Bertz CT molecular complexity index is 2580. The Morgan fingerprint density at radius 1 is 0.359 bits per heavy atom. The molecule has 0 spiro atoms. The molecule has 9 rings (SSSR count). The second-order valence-electron chi connectivity index (χ2n) is 31.4. The van der Waals surface area contributed by atoms with Crippen LogP contribution in [0.1, 0.15) is 172 Å². The number of carbonyl (C=O) groups excluding carboxylic acids is 1. The van der Waals surface area contributed by atoms with Gasteiger partial charge in [-0.05, 0) is 79.1 Å². The molecule has 9 fully saturated rings.